The molecule has 2 amide bonds. The third-order valence-corrected chi connectivity index (χ3v) is 4.14. The molecule has 2 aromatic carbocycles. The number of furan rings is 1. The van der Waals surface area contributed by atoms with Crippen molar-refractivity contribution in [3.8, 4) is 11.3 Å². The fraction of sp³-hybridized carbons (Fsp3) is 0.0952. The lowest BCUT2D eigenvalue weighted by molar-refractivity contribution is -0.385. The molecular weight excluding hydrogens is 388 g/mol. The van der Waals surface area contributed by atoms with Crippen molar-refractivity contribution in [2.24, 2.45) is 5.10 Å². The van der Waals surface area contributed by atoms with Crippen molar-refractivity contribution >= 4 is 29.4 Å². The standard InChI is InChI=1S/C21H18N4O5/c1-13-3-4-16(11-19(13)25(28)29)20-10-9-18(30-20)12-22-24-21(27)15-5-7-17(8-6-15)23-14(2)26/h3-12H,1-2H3,(H,23,26)(H,24,27)/b22-12-. The second-order valence-corrected chi connectivity index (χ2v) is 6.42. The average molecular weight is 406 g/mol. The Morgan fingerprint density at radius 2 is 1.83 bits per heavy atom. The van der Waals surface area contributed by atoms with Crippen molar-refractivity contribution in [1.82, 2.24) is 5.43 Å². The van der Waals surface area contributed by atoms with Crippen LogP contribution in [0.4, 0.5) is 11.4 Å². The fourth-order valence-corrected chi connectivity index (χ4v) is 2.66. The summed E-state index contributed by atoms with van der Waals surface area (Å²) in [5, 5.41) is 17.6. The molecular formula is C21H18N4O5. The van der Waals surface area contributed by atoms with E-state index in [4.69, 9.17) is 4.42 Å². The van der Waals surface area contributed by atoms with Crippen LogP contribution in [0.1, 0.15) is 28.6 Å². The molecule has 30 heavy (non-hydrogen) atoms. The Balaban J connectivity index is 1.64. The number of carbonyl (C=O) groups is 2. The van der Waals surface area contributed by atoms with Gasteiger partial charge in [-0.2, -0.15) is 5.10 Å². The van der Waals surface area contributed by atoms with Gasteiger partial charge >= 0.3 is 0 Å². The number of hydrazone groups is 1. The largest absolute Gasteiger partial charge is 0.455 e. The molecule has 0 saturated heterocycles. The number of amides is 2. The van der Waals surface area contributed by atoms with Crippen LogP contribution in [0, 0.1) is 17.0 Å². The van der Waals surface area contributed by atoms with Gasteiger partial charge in [-0.15, -0.1) is 0 Å². The van der Waals surface area contributed by atoms with Crippen molar-refractivity contribution in [2.45, 2.75) is 13.8 Å². The molecule has 3 aromatic rings. The van der Waals surface area contributed by atoms with E-state index in [9.17, 15) is 19.7 Å². The summed E-state index contributed by atoms with van der Waals surface area (Å²) >= 11 is 0. The molecule has 0 spiro atoms. The number of aryl methyl sites for hydroxylation is 1. The number of hydrogen-bond acceptors (Lipinski definition) is 6. The maximum absolute atomic E-state index is 12.1. The van der Waals surface area contributed by atoms with E-state index in [2.05, 4.69) is 15.8 Å². The normalized spacial score (nSPS) is 10.7. The summed E-state index contributed by atoms with van der Waals surface area (Å²) in [6, 6.07) is 14.5. The number of nitrogens with one attached hydrogen (secondary N) is 2. The van der Waals surface area contributed by atoms with Gasteiger partial charge in [0.1, 0.15) is 11.5 Å². The number of nitro groups is 1. The van der Waals surface area contributed by atoms with Gasteiger partial charge < -0.3 is 9.73 Å². The van der Waals surface area contributed by atoms with Gasteiger partial charge in [0.15, 0.2) is 0 Å². The summed E-state index contributed by atoms with van der Waals surface area (Å²) in [5.74, 6) is 0.186. The molecule has 9 heteroatoms. The van der Waals surface area contributed by atoms with E-state index in [1.165, 1.54) is 19.2 Å². The first kappa shape index (κ1) is 20.5. The van der Waals surface area contributed by atoms with Gasteiger partial charge in [-0.1, -0.05) is 12.1 Å². The molecule has 0 atom stereocenters. The molecule has 0 radical (unpaired) electrons. The Labute approximate surface area is 171 Å². The Bertz CT molecular complexity index is 1130. The first-order valence-electron chi connectivity index (χ1n) is 8.90. The minimum atomic E-state index is -0.442. The number of hydrogen-bond donors (Lipinski definition) is 2. The van der Waals surface area contributed by atoms with Crippen molar-refractivity contribution in [1.29, 1.82) is 0 Å². The Morgan fingerprint density at radius 3 is 2.50 bits per heavy atom. The van der Waals surface area contributed by atoms with Gasteiger partial charge in [0, 0.05) is 35.4 Å². The molecule has 0 fully saturated rings. The van der Waals surface area contributed by atoms with E-state index in [0.29, 0.717) is 33.9 Å². The van der Waals surface area contributed by atoms with Crippen molar-refractivity contribution < 1.29 is 18.9 Å². The predicted molar refractivity (Wildman–Crippen MR) is 111 cm³/mol. The number of carbonyl (C=O) groups excluding carboxylic acids is 2. The van der Waals surface area contributed by atoms with Gasteiger partial charge in [-0.05, 0) is 43.3 Å². The maximum atomic E-state index is 12.1. The number of nitro benzene ring substituents is 1. The van der Waals surface area contributed by atoms with Crippen molar-refractivity contribution in [3.63, 3.8) is 0 Å². The van der Waals surface area contributed by atoms with Crippen LogP contribution in [-0.4, -0.2) is 23.0 Å². The molecule has 0 aliphatic rings. The van der Waals surface area contributed by atoms with Crippen LogP contribution >= 0.6 is 0 Å². The van der Waals surface area contributed by atoms with E-state index >= 15 is 0 Å². The molecule has 9 nitrogen and oxygen atoms in total. The van der Waals surface area contributed by atoms with Crippen LogP contribution < -0.4 is 10.7 Å². The molecule has 0 aliphatic carbocycles. The van der Waals surface area contributed by atoms with Crippen molar-refractivity contribution in [2.75, 3.05) is 5.32 Å². The second kappa shape index (κ2) is 8.82. The fourth-order valence-electron chi connectivity index (χ4n) is 2.66. The molecule has 2 N–H and O–H groups in total. The summed E-state index contributed by atoms with van der Waals surface area (Å²) in [7, 11) is 0. The maximum Gasteiger partial charge on any atom is 0.273 e. The zero-order valence-electron chi connectivity index (χ0n) is 16.2. The third kappa shape index (κ3) is 4.96. The predicted octanol–water partition coefficient (Wildman–Crippen LogP) is 3.89. The first-order valence-corrected chi connectivity index (χ1v) is 8.90. The van der Waals surface area contributed by atoms with Gasteiger partial charge in [-0.25, -0.2) is 5.43 Å². The van der Waals surface area contributed by atoms with Gasteiger partial charge in [0.05, 0.1) is 11.1 Å². The number of rotatable bonds is 6. The van der Waals surface area contributed by atoms with E-state index in [1.54, 1.807) is 55.5 Å². The zero-order valence-corrected chi connectivity index (χ0v) is 16.2. The monoisotopic (exact) mass is 406 g/mol. The lowest BCUT2D eigenvalue weighted by Gasteiger charge is -2.03. The molecule has 152 valence electrons. The lowest BCUT2D eigenvalue weighted by atomic mass is 10.1. The summed E-state index contributed by atoms with van der Waals surface area (Å²) in [6.45, 7) is 3.06. The number of benzene rings is 2. The van der Waals surface area contributed by atoms with E-state index < -0.39 is 10.8 Å². The summed E-state index contributed by atoms with van der Waals surface area (Å²) in [6.07, 6.45) is 1.33. The zero-order chi connectivity index (χ0) is 21.7. The average Bonchev–Trinajstić information content (AvgIpc) is 3.17. The van der Waals surface area contributed by atoms with Crippen LogP contribution in [0.3, 0.4) is 0 Å². The van der Waals surface area contributed by atoms with Gasteiger partial charge in [0.2, 0.25) is 5.91 Å². The minimum Gasteiger partial charge on any atom is -0.455 e. The third-order valence-electron chi connectivity index (χ3n) is 4.14. The minimum absolute atomic E-state index is 0.0101. The number of anilines is 1. The molecule has 1 aromatic heterocycles. The summed E-state index contributed by atoms with van der Waals surface area (Å²) < 4.78 is 5.62. The molecule has 0 unspecified atom stereocenters. The van der Waals surface area contributed by atoms with Crippen LogP contribution in [0.15, 0.2) is 64.1 Å². The Kier molecular flexibility index (Phi) is 6.02. The molecule has 0 saturated carbocycles. The second-order valence-electron chi connectivity index (χ2n) is 6.42. The Hall–Kier alpha value is -4.27. The van der Waals surface area contributed by atoms with Crippen LogP contribution in [0.5, 0.6) is 0 Å². The molecule has 1 heterocycles. The van der Waals surface area contributed by atoms with Crippen LogP contribution in [-0.2, 0) is 4.79 Å². The topological polar surface area (TPSA) is 127 Å². The first-order chi connectivity index (χ1) is 14.3. The highest BCUT2D eigenvalue weighted by Crippen LogP contribution is 2.27. The van der Waals surface area contributed by atoms with Crippen LogP contribution in [0.25, 0.3) is 11.3 Å². The highest BCUT2D eigenvalue weighted by Gasteiger charge is 2.13. The SMILES string of the molecule is CC(=O)Nc1ccc(C(=O)N/N=C\c2ccc(-c3ccc(C)c([N+](=O)[O-])c3)o2)cc1. The van der Waals surface area contributed by atoms with E-state index in [1.807, 2.05) is 0 Å². The van der Waals surface area contributed by atoms with Gasteiger partial charge in [0.25, 0.3) is 11.6 Å². The lowest BCUT2D eigenvalue weighted by Crippen LogP contribution is -2.17. The summed E-state index contributed by atoms with van der Waals surface area (Å²) in [5.41, 5.74) is 4.47. The highest BCUT2D eigenvalue weighted by molar-refractivity contribution is 5.96. The molecule has 0 aliphatic heterocycles. The van der Waals surface area contributed by atoms with E-state index in [-0.39, 0.29) is 11.6 Å². The molecule has 3 rings (SSSR count). The van der Waals surface area contributed by atoms with E-state index in [0.717, 1.165) is 0 Å². The van der Waals surface area contributed by atoms with Crippen LogP contribution in [0.2, 0.25) is 0 Å². The molecule has 0 bridgehead atoms. The van der Waals surface area contributed by atoms with Crippen molar-refractivity contribution in [3.05, 3.63) is 81.6 Å². The van der Waals surface area contributed by atoms with Gasteiger partial charge in [-0.3, -0.25) is 19.7 Å². The highest BCUT2D eigenvalue weighted by atomic mass is 16.6. The Morgan fingerprint density at radius 1 is 1.10 bits per heavy atom. The smallest absolute Gasteiger partial charge is 0.273 e. The quantitative estimate of drug-likeness (QED) is 0.365. The summed E-state index contributed by atoms with van der Waals surface area (Å²) in [4.78, 5) is 33.8. The number of nitrogens with zero attached hydrogens (tertiary/aromatic N) is 2.